The minimum Gasteiger partial charge on any atom is -0.436 e. The summed E-state index contributed by atoms with van der Waals surface area (Å²) in [7, 11) is 0. The Hall–Kier alpha value is -5.48. The van der Waals surface area contributed by atoms with Crippen molar-refractivity contribution in [1.82, 2.24) is 14.5 Å². The Bertz CT molecular complexity index is 2070. The maximum absolute atomic E-state index is 6.15. The predicted molar refractivity (Wildman–Crippen MR) is 162 cm³/mol. The third-order valence-corrected chi connectivity index (χ3v) is 7.46. The standard InChI is InChI=1S/C36H23N3O/c1-2-10-24(11-3-1)26-20-27(31-13-8-9-19-37-31)22-28(21-26)39-33-15-6-4-12-29(33)30-18-17-25(23-34(30)39)36-38-32-14-5-7-16-35(32)40-36/h1-23H. The second-order valence-corrected chi connectivity index (χ2v) is 9.92. The first-order valence-corrected chi connectivity index (χ1v) is 13.3. The molecule has 3 aromatic heterocycles. The second kappa shape index (κ2) is 9.07. The molecule has 0 N–H and O–H groups in total. The number of nitrogens with zero attached hydrogens (tertiary/aromatic N) is 3. The number of para-hydroxylation sites is 3. The van der Waals surface area contributed by atoms with Crippen molar-refractivity contribution in [3.05, 3.63) is 140 Å². The number of fused-ring (bicyclic) bond motifs is 4. The van der Waals surface area contributed by atoms with Gasteiger partial charge in [0.15, 0.2) is 5.58 Å². The summed E-state index contributed by atoms with van der Waals surface area (Å²) in [6.07, 6.45) is 1.84. The summed E-state index contributed by atoms with van der Waals surface area (Å²) in [6.45, 7) is 0. The van der Waals surface area contributed by atoms with Crippen molar-refractivity contribution in [2.24, 2.45) is 0 Å². The Balaban J connectivity index is 1.41. The van der Waals surface area contributed by atoms with Crippen molar-refractivity contribution in [3.63, 3.8) is 0 Å². The third-order valence-electron chi connectivity index (χ3n) is 7.46. The molecule has 0 aliphatic heterocycles. The van der Waals surface area contributed by atoms with Crippen LogP contribution in [0.4, 0.5) is 0 Å². The first-order chi connectivity index (χ1) is 19.8. The molecular weight excluding hydrogens is 490 g/mol. The van der Waals surface area contributed by atoms with Gasteiger partial charge in [-0.15, -0.1) is 0 Å². The van der Waals surface area contributed by atoms with Gasteiger partial charge in [-0.1, -0.05) is 72.8 Å². The molecule has 0 spiro atoms. The van der Waals surface area contributed by atoms with Crippen LogP contribution in [-0.2, 0) is 0 Å². The maximum atomic E-state index is 6.15. The summed E-state index contributed by atoms with van der Waals surface area (Å²) in [5.41, 5.74) is 10.2. The van der Waals surface area contributed by atoms with Crippen LogP contribution in [0.2, 0.25) is 0 Å². The highest BCUT2D eigenvalue weighted by atomic mass is 16.3. The van der Waals surface area contributed by atoms with E-state index in [1.807, 2.05) is 48.7 Å². The Labute approximate surface area is 230 Å². The van der Waals surface area contributed by atoms with Crippen LogP contribution < -0.4 is 0 Å². The highest BCUT2D eigenvalue weighted by Crippen LogP contribution is 2.37. The molecule has 0 aliphatic rings. The summed E-state index contributed by atoms with van der Waals surface area (Å²) in [4.78, 5) is 9.44. The van der Waals surface area contributed by atoms with Gasteiger partial charge in [-0.05, 0) is 71.8 Å². The van der Waals surface area contributed by atoms with Crippen LogP contribution in [0, 0.1) is 0 Å². The van der Waals surface area contributed by atoms with Crippen molar-refractivity contribution < 1.29 is 4.42 Å². The van der Waals surface area contributed by atoms with E-state index >= 15 is 0 Å². The normalized spacial score (nSPS) is 11.5. The molecule has 0 bridgehead atoms. The molecule has 0 amide bonds. The zero-order valence-electron chi connectivity index (χ0n) is 21.5. The van der Waals surface area contributed by atoms with E-state index in [-0.39, 0.29) is 0 Å². The third kappa shape index (κ3) is 3.69. The van der Waals surface area contributed by atoms with Crippen molar-refractivity contribution in [1.29, 1.82) is 0 Å². The van der Waals surface area contributed by atoms with Gasteiger partial charge in [-0.25, -0.2) is 4.98 Å². The number of rotatable bonds is 4. The van der Waals surface area contributed by atoms with Crippen LogP contribution in [0.5, 0.6) is 0 Å². The molecule has 40 heavy (non-hydrogen) atoms. The fourth-order valence-electron chi connectivity index (χ4n) is 5.60. The van der Waals surface area contributed by atoms with E-state index in [2.05, 4.69) is 101 Å². The molecule has 4 nitrogen and oxygen atoms in total. The molecule has 0 radical (unpaired) electrons. The fourth-order valence-corrected chi connectivity index (χ4v) is 5.60. The molecule has 4 heteroatoms. The van der Waals surface area contributed by atoms with E-state index in [1.165, 1.54) is 10.8 Å². The Morgan fingerprint density at radius 2 is 1.30 bits per heavy atom. The van der Waals surface area contributed by atoms with Gasteiger partial charge in [0.25, 0.3) is 0 Å². The monoisotopic (exact) mass is 513 g/mol. The number of hydrogen-bond acceptors (Lipinski definition) is 3. The average molecular weight is 514 g/mol. The zero-order valence-corrected chi connectivity index (χ0v) is 21.5. The molecule has 0 saturated carbocycles. The Morgan fingerprint density at radius 3 is 2.17 bits per heavy atom. The molecule has 0 unspecified atom stereocenters. The quantitative estimate of drug-likeness (QED) is 0.235. The van der Waals surface area contributed by atoms with E-state index in [9.17, 15) is 0 Å². The van der Waals surface area contributed by atoms with Gasteiger partial charge >= 0.3 is 0 Å². The number of pyridine rings is 1. The molecule has 0 atom stereocenters. The summed E-state index contributed by atoms with van der Waals surface area (Å²) in [5.74, 6) is 0.618. The van der Waals surface area contributed by atoms with Crippen LogP contribution in [0.15, 0.2) is 144 Å². The minimum absolute atomic E-state index is 0.618. The zero-order chi connectivity index (χ0) is 26.5. The van der Waals surface area contributed by atoms with Gasteiger partial charge in [-0.3, -0.25) is 4.98 Å². The molecule has 188 valence electrons. The lowest BCUT2D eigenvalue weighted by Gasteiger charge is -2.14. The van der Waals surface area contributed by atoms with Crippen molar-refractivity contribution >= 4 is 32.9 Å². The summed E-state index contributed by atoms with van der Waals surface area (Å²) in [6, 6.07) is 46.2. The summed E-state index contributed by atoms with van der Waals surface area (Å²) >= 11 is 0. The smallest absolute Gasteiger partial charge is 0.227 e. The molecule has 0 aliphatic carbocycles. The van der Waals surface area contributed by atoms with Gasteiger partial charge in [0.2, 0.25) is 5.89 Å². The lowest BCUT2D eigenvalue weighted by atomic mass is 10.00. The van der Waals surface area contributed by atoms with Crippen LogP contribution in [0.3, 0.4) is 0 Å². The van der Waals surface area contributed by atoms with Gasteiger partial charge in [-0.2, -0.15) is 0 Å². The highest BCUT2D eigenvalue weighted by Gasteiger charge is 2.17. The maximum Gasteiger partial charge on any atom is 0.227 e. The first-order valence-electron chi connectivity index (χ1n) is 13.3. The predicted octanol–water partition coefficient (Wildman–Crippen LogP) is 9.32. The van der Waals surface area contributed by atoms with E-state index in [0.717, 1.165) is 55.8 Å². The molecule has 3 heterocycles. The largest absolute Gasteiger partial charge is 0.436 e. The lowest BCUT2D eigenvalue weighted by Crippen LogP contribution is -1.96. The minimum atomic E-state index is 0.618. The van der Waals surface area contributed by atoms with Crippen LogP contribution in [0.25, 0.3) is 72.4 Å². The summed E-state index contributed by atoms with van der Waals surface area (Å²) < 4.78 is 8.49. The molecule has 5 aromatic carbocycles. The Kier molecular flexibility index (Phi) is 5.10. The average Bonchev–Trinajstić information content (AvgIpc) is 3.61. The van der Waals surface area contributed by atoms with Crippen molar-refractivity contribution in [2.75, 3.05) is 0 Å². The number of hydrogen-bond donors (Lipinski definition) is 0. The summed E-state index contributed by atoms with van der Waals surface area (Å²) in [5, 5.41) is 2.38. The Morgan fingerprint density at radius 1 is 0.525 bits per heavy atom. The number of oxazole rings is 1. The van der Waals surface area contributed by atoms with Gasteiger partial charge < -0.3 is 8.98 Å². The van der Waals surface area contributed by atoms with Crippen molar-refractivity contribution in [3.8, 4) is 39.5 Å². The van der Waals surface area contributed by atoms with E-state index in [0.29, 0.717) is 5.89 Å². The lowest BCUT2D eigenvalue weighted by molar-refractivity contribution is 0.620. The highest BCUT2D eigenvalue weighted by molar-refractivity contribution is 6.10. The van der Waals surface area contributed by atoms with E-state index < -0.39 is 0 Å². The molecule has 8 aromatic rings. The molecule has 8 rings (SSSR count). The fraction of sp³-hybridized carbons (Fsp3) is 0. The van der Waals surface area contributed by atoms with Crippen LogP contribution in [-0.4, -0.2) is 14.5 Å². The van der Waals surface area contributed by atoms with Gasteiger partial charge in [0, 0.05) is 33.8 Å². The second-order valence-electron chi connectivity index (χ2n) is 9.92. The van der Waals surface area contributed by atoms with Gasteiger partial charge in [0.05, 0.1) is 16.7 Å². The van der Waals surface area contributed by atoms with Gasteiger partial charge in [0.1, 0.15) is 5.52 Å². The molecule has 0 fully saturated rings. The molecule has 0 saturated heterocycles. The van der Waals surface area contributed by atoms with Crippen molar-refractivity contribution in [2.45, 2.75) is 0 Å². The SMILES string of the molecule is c1ccc(-c2cc(-c3ccccn3)cc(-n3c4ccccc4c4ccc(-c5nc6ccccc6o5)cc43)c2)cc1. The van der Waals surface area contributed by atoms with Crippen LogP contribution >= 0.6 is 0 Å². The van der Waals surface area contributed by atoms with E-state index in [1.54, 1.807) is 0 Å². The van der Waals surface area contributed by atoms with Crippen LogP contribution in [0.1, 0.15) is 0 Å². The number of aromatic nitrogens is 3. The van der Waals surface area contributed by atoms with E-state index in [4.69, 9.17) is 9.40 Å². The topological polar surface area (TPSA) is 43.9 Å². The first kappa shape index (κ1) is 22.5. The molecular formula is C36H23N3O. The number of benzene rings is 5.